The van der Waals surface area contributed by atoms with Gasteiger partial charge >= 0.3 is 0 Å². The summed E-state index contributed by atoms with van der Waals surface area (Å²) < 4.78 is 0. The van der Waals surface area contributed by atoms with Crippen molar-refractivity contribution in [2.75, 3.05) is 19.6 Å². The number of rotatable bonds is 2. The van der Waals surface area contributed by atoms with Gasteiger partial charge in [-0.05, 0) is 24.2 Å². The maximum Gasteiger partial charge on any atom is 0.191 e. The Bertz CT molecular complexity index is 228. The van der Waals surface area contributed by atoms with Gasteiger partial charge in [0, 0.05) is 19.6 Å². The van der Waals surface area contributed by atoms with Gasteiger partial charge in [-0.2, -0.15) is 0 Å². The quantitative estimate of drug-likeness (QED) is 0.561. The normalized spacial score (nSPS) is 23.6. The molecule has 1 aliphatic heterocycles. The Hall–Kier alpha value is -0.730. The summed E-state index contributed by atoms with van der Waals surface area (Å²) in [5.74, 6) is 1.48. The van der Waals surface area contributed by atoms with E-state index in [1.54, 1.807) is 0 Å². The summed E-state index contributed by atoms with van der Waals surface area (Å²) in [5.41, 5.74) is 6.34. The zero-order valence-electron chi connectivity index (χ0n) is 10.6. The van der Waals surface area contributed by atoms with Crippen molar-refractivity contribution in [2.45, 2.75) is 40.5 Å². The maximum absolute atomic E-state index is 5.95. The van der Waals surface area contributed by atoms with E-state index in [0.29, 0.717) is 5.41 Å². The molecular weight excluding hydrogens is 186 g/mol. The Kier molecular flexibility index (Phi) is 4.00. The average molecular weight is 211 g/mol. The fourth-order valence-corrected chi connectivity index (χ4v) is 2.00. The molecule has 3 heteroatoms. The molecule has 1 heterocycles. The molecule has 1 aliphatic rings. The fourth-order valence-electron chi connectivity index (χ4n) is 2.00. The minimum absolute atomic E-state index is 0.389. The van der Waals surface area contributed by atoms with E-state index in [1.807, 2.05) is 0 Å². The molecule has 3 nitrogen and oxygen atoms in total. The lowest BCUT2D eigenvalue weighted by Crippen LogP contribution is -2.36. The van der Waals surface area contributed by atoms with Gasteiger partial charge in [0.2, 0.25) is 0 Å². The molecule has 1 fully saturated rings. The molecule has 88 valence electrons. The number of nitrogens with zero attached hydrogens (tertiary/aromatic N) is 2. The fraction of sp³-hybridized carbons (Fsp3) is 0.917. The number of aliphatic imine (C=N–C) groups is 1. The lowest BCUT2D eigenvalue weighted by atomic mass is 9.80. The van der Waals surface area contributed by atoms with Crippen LogP contribution >= 0.6 is 0 Å². The van der Waals surface area contributed by atoms with Gasteiger partial charge in [0.1, 0.15) is 0 Å². The number of nitrogens with two attached hydrogens (primary N) is 1. The summed E-state index contributed by atoms with van der Waals surface area (Å²) in [7, 11) is 0. The molecule has 0 bridgehead atoms. The molecule has 0 amide bonds. The van der Waals surface area contributed by atoms with Crippen LogP contribution in [-0.4, -0.2) is 30.5 Å². The second kappa shape index (κ2) is 4.86. The average Bonchev–Trinajstić information content (AvgIpc) is 2.62. The first-order valence-corrected chi connectivity index (χ1v) is 6.00. The Morgan fingerprint density at radius 2 is 2.13 bits per heavy atom. The minimum atomic E-state index is 0.389. The summed E-state index contributed by atoms with van der Waals surface area (Å²) in [6.07, 6.45) is 2.31. The molecule has 1 atom stereocenters. The first-order chi connectivity index (χ1) is 6.95. The number of likely N-dealkylation sites (tertiary alicyclic amines) is 1. The van der Waals surface area contributed by atoms with E-state index >= 15 is 0 Å². The zero-order valence-corrected chi connectivity index (χ0v) is 10.6. The van der Waals surface area contributed by atoms with E-state index < -0.39 is 0 Å². The van der Waals surface area contributed by atoms with Crippen LogP contribution in [0.4, 0.5) is 0 Å². The van der Waals surface area contributed by atoms with Gasteiger partial charge < -0.3 is 10.6 Å². The predicted molar refractivity (Wildman–Crippen MR) is 65.9 cm³/mol. The Morgan fingerprint density at radius 3 is 2.60 bits per heavy atom. The second-order valence-corrected chi connectivity index (χ2v) is 5.54. The molecule has 0 aromatic carbocycles. The highest BCUT2D eigenvalue weighted by Gasteiger charge is 2.32. The van der Waals surface area contributed by atoms with Crippen molar-refractivity contribution >= 4 is 5.96 Å². The summed E-state index contributed by atoms with van der Waals surface area (Å²) in [5, 5.41) is 0. The smallest absolute Gasteiger partial charge is 0.191 e. The Labute approximate surface area is 93.7 Å². The van der Waals surface area contributed by atoms with Crippen molar-refractivity contribution < 1.29 is 0 Å². The summed E-state index contributed by atoms with van der Waals surface area (Å²) in [6, 6.07) is 0. The zero-order chi connectivity index (χ0) is 11.5. The van der Waals surface area contributed by atoms with Crippen molar-refractivity contribution in [1.82, 2.24) is 4.90 Å². The highest BCUT2D eigenvalue weighted by atomic mass is 15.3. The highest BCUT2D eigenvalue weighted by molar-refractivity contribution is 5.78. The number of guanidine groups is 1. The lowest BCUT2D eigenvalue weighted by molar-refractivity contribution is 0.250. The van der Waals surface area contributed by atoms with E-state index in [1.165, 1.54) is 6.42 Å². The third-order valence-electron chi connectivity index (χ3n) is 3.23. The molecule has 0 aliphatic carbocycles. The molecule has 0 aromatic rings. The maximum atomic E-state index is 5.95. The van der Waals surface area contributed by atoms with Crippen LogP contribution in [0, 0.1) is 11.3 Å². The molecule has 0 saturated carbocycles. The van der Waals surface area contributed by atoms with Crippen molar-refractivity contribution in [3.05, 3.63) is 0 Å². The standard InChI is InChI=1S/C12H25N3/c1-5-7-14-11(13)15-8-6-10(9-15)12(2,3)4/h10H,5-9H2,1-4H3,(H2,13,14). The lowest BCUT2D eigenvalue weighted by Gasteiger charge is -2.27. The molecule has 0 radical (unpaired) electrons. The van der Waals surface area contributed by atoms with Crippen LogP contribution in [-0.2, 0) is 0 Å². The molecule has 1 rings (SSSR count). The van der Waals surface area contributed by atoms with Gasteiger partial charge in [0.25, 0.3) is 0 Å². The molecule has 1 unspecified atom stereocenters. The van der Waals surface area contributed by atoms with Crippen LogP contribution in [0.5, 0.6) is 0 Å². The van der Waals surface area contributed by atoms with Gasteiger partial charge in [-0.15, -0.1) is 0 Å². The van der Waals surface area contributed by atoms with E-state index in [-0.39, 0.29) is 0 Å². The third-order valence-corrected chi connectivity index (χ3v) is 3.23. The molecule has 2 N–H and O–H groups in total. The van der Waals surface area contributed by atoms with Gasteiger partial charge in [0.15, 0.2) is 5.96 Å². The van der Waals surface area contributed by atoms with Crippen molar-refractivity contribution in [3.8, 4) is 0 Å². The Balaban J connectivity index is 2.49. The van der Waals surface area contributed by atoms with Crippen LogP contribution in [0.25, 0.3) is 0 Å². The summed E-state index contributed by atoms with van der Waals surface area (Å²) in [6.45, 7) is 12.0. The number of hydrogen-bond acceptors (Lipinski definition) is 1. The van der Waals surface area contributed by atoms with E-state index in [2.05, 4.69) is 37.6 Å². The Morgan fingerprint density at radius 1 is 1.47 bits per heavy atom. The van der Waals surface area contributed by atoms with Gasteiger partial charge in [-0.3, -0.25) is 4.99 Å². The van der Waals surface area contributed by atoms with Crippen molar-refractivity contribution in [1.29, 1.82) is 0 Å². The van der Waals surface area contributed by atoms with Crippen LogP contribution in [0.2, 0.25) is 0 Å². The third kappa shape index (κ3) is 3.40. The second-order valence-electron chi connectivity index (χ2n) is 5.54. The molecule has 15 heavy (non-hydrogen) atoms. The van der Waals surface area contributed by atoms with Gasteiger partial charge in [-0.25, -0.2) is 0 Å². The topological polar surface area (TPSA) is 41.6 Å². The van der Waals surface area contributed by atoms with Crippen molar-refractivity contribution in [2.24, 2.45) is 22.1 Å². The summed E-state index contributed by atoms with van der Waals surface area (Å²) >= 11 is 0. The van der Waals surface area contributed by atoms with Crippen LogP contribution < -0.4 is 5.73 Å². The molecular formula is C12H25N3. The van der Waals surface area contributed by atoms with Gasteiger partial charge in [-0.1, -0.05) is 27.7 Å². The summed E-state index contributed by atoms with van der Waals surface area (Å²) in [4.78, 5) is 6.59. The first kappa shape index (κ1) is 12.3. The van der Waals surface area contributed by atoms with Crippen LogP contribution in [0.15, 0.2) is 4.99 Å². The minimum Gasteiger partial charge on any atom is -0.370 e. The van der Waals surface area contributed by atoms with E-state index in [0.717, 1.165) is 37.9 Å². The largest absolute Gasteiger partial charge is 0.370 e. The van der Waals surface area contributed by atoms with E-state index in [9.17, 15) is 0 Å². The van der Waals surface area contributed by atoms with Crippen LogP contribution in [0.3, 0.4) is 0 Å². The molecule has 0 spiro atoms. The first-order valence-electron chi connectivity index (χ1n) is 6.00. The monoisotopic (exact) mass is 211 g/mol. The van der Waals surface area contributed by atoms with Gasteiger partial charge in [0.05, 0.1) is 0 Å². The van der Waals surface area contributed by atoms with E-state index in [4.69, 9.17) is 5.73 Å². The molecule has 0 aromatic heterocycles. The van der Waals surface area contributed by atoms with Crippen molar-refractivity contribution in [3.63, 3.8) is 0 Å². The number of hydrogen-bond donors (Lipinski definition) is 1. The van der Waals surface area contributed by atoms with Crippen LogP contribution in [0.1, 0.15) is 40.5 Å². The molecule has 1 saturated heterocycles. The SMILES string of the molecule is CCCN=C(N)N1CCC(C(C)(C)C)C1. The highest BCUT2D eigenvalue weighted by Crippen LogP contribution is 2.33. The predicted octanol–water partition coefficient (Wildman–Crippen LogP) is 2.08.